The molecule has 0 aromatic rings. The third-order valence-corrected chi connectivity index (χ3v) is 4.27. The molecule has 0 aromatic carbocycles. The molecule has 0 radical (unpaired) electrons. The molecule has 124 valence electrons. The molecular formula is C16H31NO4. The third-order valence-electron chi connectivity index (χ3n) is 4.27. The maximum Gasteiger partial charge on any atom is 0.0928 e. The predicted molar refractivity (Wildman–Crippen MR) is 81.5 cm³/mol. The van der Waals surface area contributed by atoms with E-state index in [1.807, 2.05) is 0 Å². The van der Waals surface area contributed by atoms with Gasteiger partial charge in [0.1, 0.15) is 0 Å². The number of rotatable bonds is 13. The lowest BCUT2D eigenvalue weighted by atomic mass is 9.89. The van der Waals surface area contributed by atoms with Gasteiger partial charge in [-0.25, -0.2) is 0 Å². The number of hydrogen-bond donors (Lipinski definition) is 1. The van der Waals surface area contributed by atoms with E-state index in [1.54, 1.807) is 0 Å². The highest BCUT2D eigenvalue weighted by molar-refractivity contribution is 5.05. The first-order chi connectivity index (χ1) is 10.2. The van der Waals surface area contributed by atoms with E-state index in [1.165, 1.54) is 19.3 Å². The third kappa shape index (κ3) is 6.20. The Labute approximate surface area is 128 Å². The van der Waals surface area contributed by atoms with Crippen molar-refractivity contribution in [1.82, 2.24) is 4.90 Å². The molecule has 1 saturated heterocycles. The van der Waals surface area contributed by atoms with Crippen molar-refractivity contribution in [2.45, 2.75) is 38.2 Å². The summed E-state index contributed by atoms with van der Waals surface area (Å²) in [7, 11) is 0. The molecule has 0 unspecified atom stereocenters. The zero-order valence-electron chi connectivity index (χ0n) is 13.4. The van der Waals surface area contributed by atoms with Crippen LogP contribution in [0.4, 0.5) is 0 Å². The molecule has 1 saturated carbocycles. The van der Waals surface area contributed by atoms with E-state index in [2.05, 4.69) is 11.8 Å². The summed E-state index contributed by atoms with van der Waals surface area (Å²) < 4.78 is 16.4. The minimum atomic E-state index is -0.374. The van der Waals surface area contributed by atoms with Gasteiger partial charge in [0.05, 0.1) is 38.6 Å². The summed E-state index contributed by atoms with van der Waals surface area (Å²) in [5.41, 5.74) is -0.374. The van der Waals surface area contributed by atoms with Gasteiger partial charge in [0.15, 0.2) is 0 Å². The molecule has 5 nitrogen and oxygen atoms in total. The van der Waals surface area contributed by atoms with Crippen LogP contribution >= 0.6 is 0 Å². The monoisotopic (exact) mass is 301 g/mol. The predicted octanol–water partition coefficient (Wildman–Crippen LogP) is 1.29. The van der Waals surface area contributed by atoms with Crippen LogP contribution in [0.25, 0.3) is 0 Å². The van der Waals surface area contributed by atoms with Crippen molar-refractivity contribution in [3.8, 4) is 0 Å². The summed E-state index contributed by atoms with van der Waals surface area (Å²) in [5, 5.41) is 10.2. The van der Waals surface area contributed by atoms with Crippen molar-refractivity contribution in [1.29, 1.82) is 0 Å². The first-order valence-electron chi connectivity index (χ1n) is 8.42. The Hall–Kier alpha value is -0.200. The van der Waals surface area contributed by atoms with Gasteiger partial charge in [-0.1, -0.05) is 13.3 Å². The molecule has 0 bridgehead atoms. The van der Waals surface area contributed by atoms with Crippen LogP contribution in [0, 0.1) is 5.92 Å². The molecule has 2 fully saturated rings. The Morgan fingerprint density at radius 3 is 2.10 bits per heavy atom. The highest BCUT2D eigenvalue weighted by Crippen LogP contribution is 2.44. The van der Waals surface area contributed by atoms with Crippen molar-refractivity contribution >= 4 is 0 Å². The van der Waals surface area contributed by atoms with Crippen molar-refractivity contribution in [3.05, 3.63) is 0 Å². The minimum absolute atomic E-state index is 0.374. The summed E-state index contributed by atoms with van der Waals surface area (Å²) in [6, 6.07) is 0. The fourth-order valence-electron chi connectivity index (χ4n) is 2.75. The van der Waals surface area contributed by atoms with Gasteiger partial charge in [0.25, 0.3) is 0 Å². The molecule has 1 N–H and O–H groups in total. The van der Waals surface area contributed by atoms with Crippen molar-refractivity contribution in [3.63, 3.8) is 0 Å². The quantitative estimate of drug-likeness (QED) is 0.520. The molecule has 0 amide bonds. The normalized spacial score (nSPS) is 21.4. The highest BCUT2D eigenvalue weighted by Gasteiger charge is 2.51. The molecule has 1 aliphatic carbocycles. The number of hydrogen-bond acceptors (Lipinski definition) is 5. The van der Waals surface area contributed by atoms with Crippen LogP contribution in [-0.2, 0) is 14.2 Å². The number of nitrogens with zero attached hydrogens (tertiary/aromatic N) is 1. The van der Waals surface area contributed by atoms with Crippen molar-refractivity contribution in [2.75, 3.05) is 59.3 Å². The van der Waals surface area contributed by atoms with Crippen LogP contribution in [0.2, 0.25) is 0 Å². The number of likely N-dealkylation sites (tertiary alicyclic amines) is 1. The maximum absolute atomic E-state index is 10.2. The van der Waals surface area contributed by atoms with Crippen LogP contribution in [0.3, 0.4) is 0 Å². The van der Waals surface area contributed by atoms with Gasteiger partial charge in [-0.15, -0.1) is 0 Å². The fourth-order valence-corrected chi connectivity index (χ4v) is 2.75. The molecule has 0 spiro atoms. The second-order valence-corrected chi connectivity index (χ2v) is 6.28. The van der Waals surface area contributed by atoms with E-state index < -0.39 is 0 Å². The molecule has 1 aliphatic heterocycles. The number of ether oxygens (including phenoxy) is 3. The van der Waals surface area contributed by atoms with E-state index in [0.717, 1.165) is 39.3 Å². The number of unbranched alkanes of at least 4 members (excludes halogenated alkanes) is 1. The zero-order valence-corrected chi connectivity index (χ0v) is 13.4. The van der Waals surface area contributed by atoms with Gasteiger partial charge in [-0.3, -0.25) is 4.90 Å². The number of β-amino-alcohol motifs (C(OH)–C–C–N with tert-alkyl or cyclic N) is 1. The van der Waals surface area contributed by atoms with E-state index in [0.29, 0.717) is 32.3 Å². The van der Waals surface area contributed by atoms with E-state index in [4.69, 9.17) is 14.2 Å². The smallest absolute Gasteiger partial charge is 0.0928 e. The second kappa shape index (κ2) is 9.06. The summed E-state index contributed by atoms with van der Waals surface area (Å²) in [6.45, 7) is 8.86. The summed E-state index contributed by atoms with van der Waals surface area (Å²) in [5.74, 6) is 0.572. The highest BCUT2D eigenvalue weighted by atomic mass is 16.5. The van der Waals surface area contributed by atoms with Crippen LogP contribution in [0.5, 0.6) is 0 Å². The lowest BCUT2D eigenvalue weighted by Crippen LogP contribution is -2.63. The van der Waals surface area contributed by atoms with Crippen LogP contribution in [0.15, 0.2) is 0 Å². The van der Waals surface area contributed by atoms with Crippen molar-refractivity contribution < 1.29 is 19.3 Å². The van der Waals surface area contributed by atoms with Gasteiger partial charge < -0.3 is 19.3 Å². The Morgan fingerprint density at radius 2 is 1.52 bits per heavy atom. The molecule has 1 heterocycles. The van der Waals surface area contributed by atoms with E-state index in [-0.39, 0.29) is 5.60 Å². The molecule has 0 aromatic heterocycles. The Bertz CT molecular complexity index is 277. The van der Waals surface area contributed by atoms with E-state index >= 15 is 0 Å². The first-order valence-corrected chi connectivity index (χ1v) is 8.42. The zero-order chi connectivity index (χ0) is 15.0. The molecule has 0 atom stereocenters. The average Bonchev–Trinajstić information content (AvgIpc) is 3.27. The topological polar surface area (TPSA) is 51.2 Å². The Kier molecular flexibility index (Phi) is 7.40. The minimum Gasteiger partial charge on any atom is -0.387 e. The van der Waals surface area contributed by atoms with Gasteiger partial charge in [-0.05, 0) is 25.2 Å². The lowest BCUT2D eigenvalue weighted by Gasteiger charge is -2.47. The summed E-state index contributed by atoms with van der Waals surface area (Å²) in [4.78, 5) is 2.26. The molecule has 2 aliphatic rings. The molecule has 5 heteroatoms. The second-order valence-electron chi connectivity index (χ2n) is 6.28. The van der Waals surface area contributed by atoms with Gasteiger partial charge in [-0.2, -0.15) is 0 Å². The standard InChI is InChI=1S/C16H31NO4/c1-2-3-7-19-9-11-21-12-10-20-8-6-17-13-16(18,14-17)15-4-5-15/h15,18H,2-14H2,1H3. The largest absolute Gasteiger partial charge is 0.387 e. The summed E-state index contributed by atoms with van der Waals surface area (Å²) >= 11 is 0. The van der Waals surface area contributed by atoms with E-state index in [9.17, 15) is 5.11 Å². The van der Waals surface area contributed by atoms with Crippen LogP contribution in [-0.4, -0.2) is 74.9 Å². The molecule has 2 rings (SSSR count). The average molecular weight is 301 g/mol. The van der Waals surface area contributed by atoms with Gasteiger partial charge in [0.2, 0.25) is 0 Å². The SMILES string of the molecule is CCCCOCCOCCOCCN1CC(O)(C2CC2)C1. The van der Waals surface area contributed by atoms with Crippen LogP contribution < -0.4 is 0 Å². The van der Waals surface area contributed by atoms with Gasteiger partial charge >= 0.3 is 0 Å². The molecular weight excluding hydrogens is 270 g/mol. The van der Waals surface area contributed by atoms with Crippen LogP contribution in [0.1, 0.15) is 32.6 Å². The van der Waals surface area contributed by atoms with Crippen molar-refractivity contribution in [2.24, 2.45) is 5.92 Å². The Morgan fingerprint density at radius 1 is 0.952 bits per heavy atom. The van der Waals surface area contributed by atoms with Gasteiger partial charge in [0, 0.05) is 26.2 Å². The lowest BCUT2D eigenvalue weighted by molar-refractivity contribution is -0.119. The number of aliphatic hydroxyl groups is 1. The summed E-state index contributed by atoms with van der Waals surface area (Å²) in [6.07, 6.45) is 4.71. The molecule has 21 heavy (non-hydrogen) atoms. The Balaban J connectivity index is 1.29. The maximum atomic E-state index is 10.2. The fraction of sp³-hybridized carbons (Fsp3) is 1.00. The first kappa shape index (κ1) is 17.2.